The fraction of sp³-hybridized carbons (Fsp3) is 0.950. The lowest BCUT2D eigenvalue weighted by Gasteiger charge is -2.29. The van der Waals surface area contributed by atoms with Crippen LogP contribution in [0.2, 0.25) is 0 Å². The standard InChI is InChI=1S/C20H41N5/c1-4-12-23(6-3)16-11-22-20(21-5-2)25-15-10-19(18-25)17-24-13-8-7-9-14-24/h19H,4-18H2,1-3H3,(H,21,22). The molecule has 0 aliphatic carbocycles. The quantitative estimate of drug-likeness (QED) is 0.511. The highest BCUT2D eigenvalue weighted by atomic mass is 15.3. The van der Waals surface area contributed by atoms with Crippen molar-refractivity contribution in [3.05, 3.63) is 0 Å². The lowest BCUT2D eigenvalue weighted by Crippen LogP contribution is -2.41. The number of hydrogen-bond donors (Lipinski definition) is 1. The van der Waals surface area contributed by atoms with Crippen LogP contribution < -0.4 is 5.32 Å². The van der Waals surface area contributed by atoms with Gasteiger partial charge in [0.15, 0.2) is 5.96 Å². The van der Waals surface area contributed by atoms with Crippen LogP contribution in [0.1, 0.15) is 52.9 Å². The van der Waals surface area contributed by atoms with Crippen LogP contribution >= 0.6 is 0 Å². The summed E-state index contributed by atoms with van der Waals surface area (Å²) < 4.78 is 0. The molecule has 146 valence electrons. The van der Waals surface area contributed by atoms with Crippen LogP contribution in [0.4, 0.5) is 0 Å². The number of guanidine groups is 1. The van der Waals surface area contributed by atoms with Crippen LogP contribution in [-0.4, -0.2) is 86.1 Å². The molecule has 5 heteroatoms. The Kier molecular flexibility index (Phi) is 9.63. The van der Waals surface area contributed by atoms with Crippen LogP contribution in [0, 0.1) is 5.92 Å². The van der Waals surface area contributed by atoms with Crippen molar-refractivity contribution in [2.24, 2.45) is 10.9 Å². The number of hydrogen-bond acceptors (Lipinski definition) is 3. The maximum atomic E-state index is 4.92. The van der Waals surface area contributed by atoms with Crippen molar-refractivity contribution < 1.29 is 0 Å². The minimum absolute atomic E-state index is 0.814. The maximum absolute atomic E-state index is 4.92. The third kappa shape index (κ3) is 7.14. The van der Waals surface area contributed by atoms with Crippen molar-refractivity contribution in [2.45, 2.75) is 52.9 Å². The third-order valence-electron chi connectivity index (χ3n) is 5.55. The molecule has 1 unspecified atom stereocenters. The first-order valence-electron chi connectivity index (χ1n) is 10.7. The molecule has 2 aliphatic rings. The molecular formula is C20H41N5. The van der Waals surface area contributed by atoms with Crippen LogP contribution in [0.3, 0.4) is 0 Å². The molecule has 0 spiro atoms. The molecule has 1 N–H and O–H groups in total. The van der Waals surface area contributed by atoms with E-state index < -0.39 is 0 Å². The zero-order chi connectivity index (χ0) is 17.9. The monoisotopic (exact) mass is 351 g/mol. The molecule has 1 atom stereocenters. The molecular weight excluding hydrogens is 310 g/mol. The summed E-state index contributed by atoms with van der Waals surface area (Å²) in [5.74, 6) is 1.95. The van der Waals surface area contributed by atoms with E-state index in [9.17, 15) is 0 Å². The minimum atomic E-state index is 0.814. The fourth-order valence-corrected chi connectivity index (χ4v) is 4.15. The second-order valence-corrected chi connectivity index (χ2v) is 7.63. The Morgan fingerprint density at radius 3 is 2.56 bits per heavy atom. The van der Waals surface area contributed by atoms with Crippen molar-refractivity contribution in [3.63, 3.8) is 0 Å². The predicted molar refractivity (Wildman–Crippen MR) is 108 cm³/mol. The number of likely N-dealkylation sites (N-methyl/N-ethyl adjacent to an activating group) is 1. The van der Waals surface area contributed by atoms with Gasteiger partial charge < -0.3 is 20.0 Å². The smallest absolute Gasteiger partial charge is 0.193 e. The average molecular weight is 352 g/mol. The first-order valence-corrected chi connectivity index (χ1v) is 10.7. The van der Waals surface area contributed by atoms with E-state index in [1.807, 2.05) is 0 Å². The summed E-state index contributed by atoms with van der Waals surface area (Å²) in [4.78, 5) is 12.6. The molecule has 5 nitrogen and oxygen atoms in total. The summed E-state index contributed by atoms with van der Waals surface area (Å²) in [5, 5.41) is 3.52. The Hall–Kier alpha value is -0.810. The van der Waals surface area contributed by atoms with Gasteiger partial charge in [-0.2, -0.15) is 0 Å². The molecule has 2 heterocycles. The van der Waals surface area contributed by atoms with Gasteiger partial charge >= 0.3 is 0 Å². The van der Waals surface area contributed by atoms with Gasteiger partial charge in [-0.25, -0.2) is 0 Å². The number of likely N-dealkylation sites (tertiary alicyclic amines) is 2. The first kappa shape index (κ1) is 20.5. The predicted octanol–water partition coefficient (Wildman–Crippen LogP) is 2.49. The summed E-state index contributed by atoms with van der Waals surface area (Å²) in [6, 6.07) is 0. The number of nitrogens with one attached hydrogen (secondary N) is 1. The Bertz CT molecular complexity index is 378. The van der Waals surface area contributed by atoms with Crippen molar-refractivity contribution in [2.75, 3.05) is 65.4 Å². The molecule has 0 radical (unpaired) electrons. The van der Waals surface area contributed by atoms with Gasteiger partial charge in [0.2, 0.25) is 0 Å². The minimum Gasteiger partial charge on any atom is -0.357 e. The molecule has 2 saturated heterocycles. The molecule has 25 heavy (non-hydrogen) atoms. The largest absolute Gasteiger partial charge is 0.357 e. The van der Waals surface area contributed by atoms with Crippen LogP contribution in [0.5, 0.6) is 0 Å². The summed E-state index contributed by atoms with van der Waals surface area (Å²) >= 11 is 0. The van der Waals surface area contributed by atoms with E-state index in [-0.39, 0.29) is 0 Å². The summed E-state index contributed by atoms with van der Waals surface area (Å²) in [6.07, 6.45) is 6.76. The Morgan fingerprint density at radius 1 is 1.08 bits per heavy atom. The number of nitrogens with zero attached hydrogens (tertiary/aromatic N) is 4. The van der Waals surface area contributed by atoms with Crippen molar-refractivity contribution in [1.29, 1.82) is 0 Å². The second kappa shape index (κ2) is 11.7. The van der Waals surface area contributed by atoms with E-state index in [2.05, 4.69) is 40.8 Å². The summed E-state index contributed by atoms with van der Waals surface area (Å²) in [7, 11) is 0. The van der Waals surface area contributed by atoms with E-state index in [4.69, 9.17) is 4.99 Å². The van der Waals surface area contributed by atoms with E-state index in [0.717, 1.165) is 44.6 Å². The summed E-state index contributed by atoms with van der Waals surface area (Å²) in [6.45, 7) is 18.2. The number of rotatable bonds is 9. The molecule has 2 aliphatic heterocycles. The Morgan fingerprint density at radius 2 is 1.88 bits per heavy atom. The molecule has 0 aromatic heterocycles. The zero-order valence-corrected chi connectivity index (χ0v) is 17.0. The van der Waals surface area contributed by atoms with Gasteiger partial charge in [0.25, 0.3) is 0 Å². The van der Waals surface area contributed by atoms with Crippen LogP contribution in [0.25, 0.3) is 0 Å². The lowest BCUT2D eigenvalue weighted by atomic mass is 10.1. The number of piperidine rings is 1. The zero-order valence-electron chi connectivity index (χ0n) is 17.0. The highest BCUT2D eigenvalue weighted by Crippen LogP contribution is 2.19. The molecule has 2 rings (SSSR count). The SMILES string of the molecule is CCCN(CC)CCN=C(NCC)N1CCC(CN2CCCCC2)C1. The normalized spacial score (nSPS) is 22.8. The Labute approximate surface area is 155 Å². The topological polar surface area (TPSA) is 34.1 Å². The fourth-order valence-electron chi connectivity index (χ4n) is 4.15. The number of aliphatic imine (C=N–C) groups is 1. The highest BCUT2D eigenvalue weighted by molar-refractivity contribution is 5.80. The van der Waals surface area contributed by atoms with E-state index in [1.165, 1.54) is 64.8 Å². The van der Waals surface area contributed by atoms with Gasteiger partial charge in [0.05, 0.1) is 6.54 Å². The summed E-state index contributed by atoms with van der Waals surface area (Å²) in [5.41, 5.74) is 0. The lowest BCUT2D eigenvalue weighted by molar-refractivity contribution is 0.198. The molecule has 0 aromatic carbocycles. The molecule has 0 aromatic rings. The van der Waals surface area contributed by atoms with Crippen molar-refractivity contribution in [3.8, 4) is 0 Å². The highest BCUT2D eigenvalue weighted by Gasteiger charge is 2.26. The van der Waals surface area contributed by atoms with Gasteiger partial charge in [-0.1, -0.05) is 20.3 Å². The molecule has 0 saturated carbocycles. The van der Waals surface area contributed by atoms with Gasteiger partial charge in [0, 0.05) is 32.7 Å². The van der Waals surface area contributed by atoms with Gasteiger partial charge in [-0.3, -0.25) is 4.99 Å². The van der Waals surface area contributed by atoms with Crippen molar-refractivity contribution in [1.82, 2.24) is 20.0 Å². The van der Waals surface area contributed by atoms with Crippen LogP contribution in [0.15, 0.2) is 4.99 Å². The first-order chi connectivity index (χ1) is 12.3. The maximum Gasteiger partial charge on any atom is 0.193 e. The Balaban J connectivity index is 1.79. The second-order valence-electron chi connectivity index (χ2n) is 7.63. The molecule has 0 bridgehead atoms. The van der Waals surface area contributed by atoms with E-state index in [0.29, 0.717) is 0 Å². The molecule has 2 fully saturated rings. The van der Waals surface area contributed by atoms with E-state index >= 15 is 0 Å². The van der Waals surface area contributed by atoms with Crippen molar-refractivity contribution >= 4 is 5.96 Å². The van der Waals surface area contributed by atoms with E-state index in [1.54, 1.807) is 0 Å². The van der Waals surface area contributed by atoms with Gasteiger partial charge in [-0.15, -0.1) is 0 Å². The van der Waals surface area contributed by atoms with Gasteiger partial charge in [0.1, 0.15) is 0 Å². The average Bonchev–Trinajstić information content (AvgIpc) is 3.09. The van der Waals surface area contributed by atoms with Gasteiger partial charge in [-0.05, 0) is 64.7 Å². The molecule has 0 amide bonds. The van der Waals surface area contributed by atoms with Crippen LogP contribution in [-0.2, 0) is 0 Å². The third-order valence-corrected chi connectivity index (χ3v) is 5.55.